The normalized spacial score (nSPS) is 31.6. The first-order chi connectivity index (χ1) is 10.1. The summed E-state index contributed by atoms with van der Waals surface area (Å²) in [6.45, 7) is 4.71. The van der Waals surface area contributed by atoms with Crippen molar-refractivity contribution in [2.24, 2.45) is 11.8 Å². The molecule has 1 amide bonds. The van der Waals surface area contributed by atoms with Crippen molar-refractivity contribution in [2.75, 3.05) is 39.8 Å². The maximum absolute atomic E-state index is 12.6. The van der Waals surface area contributed by atoms with Gasteiger partial charge in [0, 0.05) is 20.1 Å². The third kappa shape index (κ3) is 2.79. The number of likely N-dealkylation sites (N-methyl/N-ethyl adjacent to an activating group) is 1. The van der Waals surface area contributed by atoms with Gasteiger partial charge in [0.25, 0.3) is 0 Å². The predicted octanol–water partition coefficient (Wildman–Crippen LogP) is 0.822. The Morgan fingerprint density at radius 3 is 2.48 bits per heavy atom. The van der Waals surface area contributed by atoms with Crippen LogP contribution in [-0.4, -0.2) is 61.0 Å². The number of hydrogen-bond acceptors (Lipinski definition) is 4. The lowest BCUT2D eigenvalue weighted by molar-refractivity contribution is -0.135. The van der Waals surface area contributed by atoms with Crippen LogP contribution in [0.2, 0.25) is 0 Å². The Balaban J connectivity index is 1.58. The quantitative estimate of drug-likeness (QED) is 0.836. The van der Waals surface area contributed by atoms with E-state index in [1.165, 1.54) is 6.42 Å². The maximum Gasteiger partial charge on any atom is 0.237 e. The van der Waals surface area contributed by atoms with E-state index in [0.717, 1.165) is 51.9 Å². The Kier molecular flexibility index (Phi) is 4.19. The predicted molar refractivity (Wildman–Crippen MR) is 80.5 cm³/mol. The van der Waals surface area contributed by atoms with Crippen molar-refractivity contribution in [1.29, 1.82) is 5.26 Å². The van der Waals surface area contributed by atoms with E-state index < -0.39 is 5.54 Å². The molecule has 2 saturated heterocycles. The van der Waals surface area contributed by atoms with Gasteiger partial charge in [-0.3, -0.25) is 9.69 Å². The molecule has 3 rings (SSSR count). The van der Waals surface area contributed by atoms with Crippen molar-refractivity contribution in [1.82, 2.24) is 15.1 Å². The molecule has 2 heterocycles. The average molecular weight is 290 g/mol. The van der Waals surface area contributed by atoms with Gasteiger partial charge in [0.05, 0.1) is 12.6 Å². The summed E-state index contributed by atoms with van der Waals surface area (Å²) >= 11 is 0. The Labute approximate surface area is 127 Å². The summed E-state index contributed by atoms with van der Waals surface area (Å²) in [5.41, 5.74) is -0.549. The molecule has 0 bridgehead atoms. The van der Waals surface area contributed by atoms with E-state index in [2.05, 4.69) is 16.3 Å². The summed E-state index contributed by atoms with van der Waals surface area (Å²) in [4.78, 5) is 16.6. The fourth-order valence-electron chi connectivity index (χ4n) is 4.28. The fraction of sp³-hybridized carbons (Fsp3) is 0.875. The highest BCUT2D eigenvalue weighted by atomic mass is 16.2. The monoisotopic (exact) mass is 290 g/mol. The zero-order valence-electron chi connectivity index (χ0n) is 13.0. The number of carbonyl (C=O) groups is 1. The van der Waals surface area contributed by atoms with Crippen LogP contribution >= 0.6 is 0 Å². The van der Waals surface area contributed by atoms with E-state index in [1.54, 1.807) is 4.90 Å². The summed E-state index contributed by atoms with van der Waals surface area (Å²) in [5.74, 6) is 1.54. The van der Waals surface area contributed by atoms with E-state index >= 15 is 0 Å². The van der Waals surface area contributed by atoms with E-state index in [0.29, 0.717) is 18.4 Å². The molecule has 0 aromatic rings. The van der Waals surface area contributed by atoms with Crippen LogP contribution in [0.25, 0.3) is 0 Å². The smallest absolute Gasteiger partial charge is 0.237 e. The minimum absolute atomic E-state index is 0.117. The molecule has 1 saturated carbocycles. The molecule has 1 N–H and O–H groups in total. The van der Waals surface area contributed by atoms with Gasteiger partial charge in [0.2, 0.25) is 5.91 Å². The molecule has 2 atom stereocenters. The second kappa shape index (κ2) is 5.94. The van der Waals surface area contributed by atoms with Crippen LogP contribution in [0.4, 0.5) is 0 Å². The molecule has 0 radical (unpaired) electrons. The van der Waals surface area contributed by atoms with Gasteiger partial charge < -0.3 is 10.2 Å². The van der Waals surface area contributed by atoms with E-state index in [-0.39, 0.29) is 5.91 Å². The molecule has 2 aliphatic heterocycles. The molecule has 0 spiro atoms. The first kappa shape index (κ1) is 14.8. The van der Waals surface area contributed by atoms with Crippen molar-refractivity contribution in [3.63, 3.8) is 0 Å². The summed E-state index contributed by atoms with van der Waals surface area (Å²) in [5, 5.41) is 13.0. The summed E-state index contributed by atoms with van der Waals surface area (Å²) in [6.07, 6.45) is 4.98. The Hall–Kier alpha value is -1.12. The third-order valence-electron chi connectivity index (χ3n) is 5.73. The lowest BCUT2D eigenvalue weighted by Crippen LogP contribution is -2.52. The lowest BCUT2D eigenvalue weighted by atomic mass is 9.81. The molecule has 0 aromatic carbocycles. The zero-order valence-corrected chi connectivity index (χ0v) is 13.0. The van der Waals surface area contributed by atoms with Gasteiger partial charge in [0.15, 0.2) is 0 Å². The highest BCUT2D eigenvalue weighted by Crippen LogP contribution is 2.33. The number of carbonyl (C=O) groups excluding carboxylic acids is 1. The van der Waals surface area contributed by atoms with Gasteiger partial charge >= 0.3 is 0 Å². The van der Waals surface area contributed by atoms with Crippen molar-refractivity contribution in [2.45, 2.75) is 37.6 Å². The van der Waals surface area contributed by atoms with Crippen molar-refractivity contribution in [3.05, 3.63) is 0 Å². The summed E-state index contributed by atoms with van der Waals surface area (Å²) in [6, 6.07) is 2.44. The third-order valence-corrected chi connectivity index (χ3v) is 5.73. The molecular weight excluding hydrogens is 264 g/mol. The average Bonchev–Trinajstić information content (AvgIpc) is 3.08. The summed E-state index contributed by atoms with van der Waals surface area (Å²) in [7, 11) is 1.83. The zero-order chi connectivity index (χ0) is 14.9. The van der Waals surface area contributed by atoms with Gasteiger partial charge in [-0.2, -0.15) is 5.26 Å². The van der Waals surface area contributed by atoms with Crippen LogP contribution in [0.5, 0.6) is 0 Å². The lowest BCUT2D eigenvalue weighted by Gasteiger charge is -2.39. The highest BCUT2D eigenvalue weighted by molar-refractivity contribution is 5.79. The Morgan fingerprint density at radius 2 is 1.90 bits per heavy atom. The molecule has 5 heteroatoms. The molecule has 1 aliphatic carbocycles. The molecule has 3 fully saturated rings. The molecule has 5 nitrogen and oxygen atoms in total. The number of nitriles is 1. The number of rotatable bonds is 3. The topological polar surface area (TPSA) is 59.4 Å². The van der Waals surface area contributed by atoms with Gasteiger partial charge in [0.1, 0.15) is 5.54 Å². The highest BCUT2D eigenvalue weighted by Gasteiger charge is 2.41. The number of amides is 1. The number of fused-ring (bicyclic) bond motifs is 1. The largest absolute Gasteiger partial charge is 0.326 e. The standard InChI is InChI=1S/C16H26N4O/c1-19(16(12-17)5-3-2-4-6-16)15(21)11-20-9-13-7-18-8-14(13)10-20/h13-14,18H,2-11H2,1H3/t13-,14+. The second-order valence-electron chi connectivity index (χ2n) is 7.03. The first-order valence-electron chi connectivity index (χ1n) is 8.25. The molecule has 3 aliphatic rings. The summed E-state index contributed by atoms with van der Waals surface area (Å²) < 4.78 is 0. The van der Waals surface area contributed by atoms with Crippen LogP contribution in [0.3, 0.4) is 0 Å². The van der Waals surface area contributed by atoms with E-state index in [1.807, 2.05) is 7.05 Å². The Morgan fingerprint density at radius 1 is 1.29 bits per heavy atom. The van der Waals surface area contributed by atoms with Crippen molar-refractivity contribution in [3.8, 4) is 6.07 Å². The van der Waals surface area contributed by atoms with E-state index in [4.69, 9.17) is 0 Å². The molecule has 0 aromatic heterocycles. The molecule has 21 heavy (non-hydrogen) atoms. The van der Waals surface area contributed by atoms with E-state index in [9.17, 15) is 10.1 Å². The maximum atomic E-state index is 12.6. The van der Waals surface area contributed by atoms with Gasteiger partial charge in [-0.05, 0) is 37.8 Å². The van der Waals surface area contributed by atoms with Crippen molar-refractivity contribution < 1.29 is 4.79 Å². The number of likely N-dealkylation sites (tertiary alicyclic amines) is 1. The molecule has 116 valence electrons. The van der Waals surface area contributed by atoms with Crippen LogP contribution in [-0.2, 0) is 4.79 Å². The minimum Gasteiger partial charge on any atom is -0.326 e. The Bertz CT molecular complexity index is 426. The van der Waals surface area contributed by atoms with Crippen LogP contribution < -0.4 is 5.32 Å². The molecule has 0 unspecified atom stereocenters. The second-order valence-corrected chi connectivity index (χ2v) is 7.03. The minimum atomic E-state index is -0.549. The number of nitrogens with one attached hydrogen (secondary N) is 1. The van der Waals surface area contributed by atoms with Gasteiger partial charge in [-0.1, -0.05) is 19.3 Å². The van der Waals surface area contributed by atoms with Crippen molar-refractivity contribution >= 4 is 5.91 Å². The molecular formula is C16H26N4O. The van der Waals surface area contributed by atoms with Gasteiger partial charge in [-0.15, -0.1) is 0 Å². The first-order valence-corrected chi connectivity index (χ1v) is 8.25. The number of nitrogens with zero attached hydrogens (tertiary/aromatic N) is 3. The number of hydrogen-bond donors (Lipinski definition) is 1. The fourth-order valence-corrected chi connectivity index (χ4v) is 4.28. The van der Waals surface area contributed by atoms with Gasteiger partial charge in [-0.25, -0.2) is 0 Å². The van der Waals surface area contributed by atoms with Crippen LogP contribution in [0.1, 0.15) is 32.1 Å². The SMILES string of the molecule is CN(C(=O)CN1C[C@H]2CNC[C@H]2C1)C1(C#N)CCCCC1. The van der Waals surface area contributed by atoms with Crippen LogP contribution in [0.15, 0.2) is 0 Å². The van der Waals surface area contributed by atoms with Crippen LogP contribution in [0, 0.1) is 23.2 Å².